The fraction of sp³-hybridized carbons (Fsp3) is 0.524. The highest BCUT2D eigenvalue weighted by Gasteiger charge is 2.30. The molecule has 3 heterocycles. The number of pyridine rings is 1. The van der Waals surface area contributed by atoms with Crippen LogP contribution in [0.3, 0.4) is 0 Å². The molecule has 2 fully saturated rings. The van der Waals surface area contributed by atoms with Gasteiger partial charge in [-0.3, -0.25) is 9.78 Å². The predicted molar refractivity (Wildman–Crippen MR) is 101 cm³/mol. The number of carbonyl (C=O) groups excluding carboxylic acids is 1. The molecule has 0 spiro atoms. The van der Waals surface area contributed by atoms with Crippen molar-refractivity contribution in [2.75, 3.05) is 26.2 Å². The van der Waals surface area contributed by atoms with Crippen molar-refractivity contribution < 1.29 is 9.18 Å². The third kappa shape index (κ3) is 3.45. The number of carbonyl (C=O) groups is 1. The highest BCUT2D eigenvalue weighted by Crippen LogP contribution is 2.26. The van der Waals surface area contributed by atoms with Crippen molar-refractivity contribution in [2.24, 2.45) is 0 Å². The van der Waals surface area contributed by atoms with Gasteiger partial charge in [0.2, 0.25) is 0 Å². The fourth-order valence-electron chi connectivity index (χ4n) is 4.39. The SMILES string of the molecule is Cc1cc(C(=O)N2CCCC[C@@H]2CN2CCCC2)c2ccc(F)cc2n1. The molecule has 0 unspecified atom stereocenters. The Morgan fingerprint density at radius 1 is 1.15 bits per heavy atom. The second kappa shape index (κ2) is 7.31. The second-order valence-electron chi connectivity index (χ2n) is 7.63. The molecule has 0 bridgehead atoms. The van der Waals surface area contributed by atoms with Crippen LogP contribution in [0.25, 0.3) is 10.9 Å². The third-order valence-electron chi connectivity index (χ3n) is 5.69. The van der Waals surface area contributed by atoms with Crippen LogP contribution >= 0.6 is 0 Å². The lowest BCUT2D eigenvalue weighted by Gasteiger charge is -2.38. The summed E-state index contributed by atoms with van der Waals surface area (Å²) in [5.74, 6) is -0.255. The molecule has 2 aliphatic rings. The Morgan fingerprint density at radius 3 is 2.73 bits per heavy atom. The molecule has 1 aromatic heterocycles. The van der Waals surface area contributed by atoms with Gasteiger partial charge in [-0.2, -0.15) is 0 Å². The summed E-state index contributed by atoms with van der Waals surface area (Å²) in [4.78, 5) is 22.4. The first-order chi connectivity index (χ1) is 12.6. The molecular weight excluding hydrogens is 329 g/mol. The van der Waals surface area contributed by atoms with Gasteiger partial charge in [0.1, 0.15) is 5.82 Å². The molecule has 0 radical (unpaired) electrons. The average molecular weight is 355 g/mol. The number of amides is 1. The van der Waals surface area contributed by atoms with Gasteiger partial charge in [-0.25, -0.2) is 4.39 Å². The van der Waals surface area contributed by atoms with Crippen molar-refractivity contribution in [1.82, 2.24) is 14.8 Å². The molecule has 0 N–H and O–H groups in total. The van der Waals surface area contributed by atoms with Crippen LogP contribution in [-0.4, -0.2) is 52.9 Å². The average Bonchev–Trinajstić information content (AvgIpc) is 3.13. The zero-order valence-corrected chi connectivity index (χ0v) is 15.4. The Hall–Kier alpha value is -2.01. The fourth-order valence-corrected chi connectivity index (χ4v) is 4.39. The molecule has 4 nitrogen and oxygen atoms in total. The van der Waals surface area contributed by atoms with Gasteiger partial charge in [-0.05, 0) is 70.3 Å². The first-order valence-corrected chi connectivity index (χ1v) is 9.72. The van der Waals surface area contributed by atoms with Gasteiger partial charge in [-0.1, -0.05) is 0 Å². The minimum atomic E-state index is -0.320. The van der Waals surface area contributed by atoms with Crippen LogP contribution in [0.2, 0.25) is 0 Å². The summed E-state index contributed by atoms with van der Waals surface area (Å²) in [5, 5.41) is 0.743. The van der Waals surface area contributed by atoms with Gasteiger partial charge < -0.3 is 9.80 Å². The van der Waals surface area contributed by atoms with Crippen molar-refractivity contribution in [3.8, 4) is 0 Å². The van der Waals surface area contributed by atoms with Gasteiger partial charge in [-0.15, -0.1) is 0 Å². The summed E-state index contributed by atoms with van der Waals surface area (Å²) in [6, 6.07) is 6.64. The lowest BCUT2D eigenvalue weighted by molar-refractivity contribution is 0.0562. The van der Waals surface area contributed by atoms with Crippen LogP contribution in [0, 0.1) is 12.7 Å². The van der Waals surface area contributed by atoms with Crippen molar-refractivity contribution in [1.29, 1.82) is 0 Å². The number of fused-ring (bicyclic) bond motifs is 1. The highest BCUT2D eigenvalue weighted by molar-refractivity contribution is 6.06. The first kappa shape index (κ1) is 17.4. The number of hydrogen-bond donors (Lipinski definition) is 0. The van der Waals surface area contributed by atoms with Crippen molar-refractivity contribution >= 4 is 16.8 Å². The molecule has 5 heteroatoms. The van der Waals surface area contributed by atoms with E-state index in [1.807, 2.05) is 13.0 Å². The van der Waals surface area contributed by atoms with Crippen molar-refractivity contribution in [3.05, 3.63) is 41.3 Å². The van der Waals surface area contributed by atoms with Gasteiger partial charge in [0.05, 0.1) is 11.1 Å². The smallest absolute Gasteiger partial charge is 0.254 e. The second-order valence-corrected chi connectivity index (χ2v) is 7.63. The first-order valence-electron chi connectivity index (χ1n) is 9.72. The van der Waals surface area contributed by atoms with Crippen LogP contribution in [-0.2, 0) is 0 Å². The molecule has 138 valence electrons. The number of likely N-dealkylation sites (tertiary alicyclic amines) is 2. The number of aromatic nitrogens is 1. The van der Waals surface area contributed by atoms with Gasteiger partial charge in [0.15, 0.2) is 0 Å². The van der Waals surface area contributed by atoms with E-state index in [9.17, 15) is 9.18 Å². The summed E-state index contributed by atoms with van der Waals surface area (Å²) in [6.45, 7) is 5.94. The van der Waals surface area contributed by atoms with Crippen molar-refractivity contribution in [2.45, 2.75) is 45.1 Å². The number of nitrogens with zero attached hydrogens (tertiary/aromatic N) is 3. The lowest BCUT2D eigenvalue weighted by atomic mass is 9.99. The molecule has 0 aliphatic carbocycles. The topological polar surface area (TPSA) is 36.4 Å². The Labute approximate surface area is 154 Å². The van der Waals surface area contributed by atoms with E-state index in [0.717, 1.165) is 50.1 Å². The zero-order valence-electron chi connectivity index (χ0n) is 15.4. The molecule has 2 aromatic rings. The van der Waals surface area contributed by atoms with Gasteiger partial charge in [0.25, 0.3) is 5.91 Å². The molecule has 2 aliphatic heterocycles. The van der Waals surface area contributed by atoms with Crippen molar-refractivity contribution in [3.63, 3.8) is 0 Å². The minimum absolute atomic E-state index is 0.0657. The Morgan fingerprint density at radius 2 is 1.92 bits per heavy atom. The standard InChI is InChI=1S/C21H26FN3O/c1-15-12-19(18-8-7-16(22)13-20(18)23-15)21(26)25-11-3-2-6-17(25)14-24-9-4-5-10-24/h7-8,12-13,17H,2-6,9-11,14H2,1H3/t17-/m1/s1. The number of benzene rings is 1. The van der Waals surface area contributed by atoms with Crippen LogP contribution < -0.4 is 0 Å². The summed E-state index contributed by atoms with van der Waals surface area (Å²) >= 11 is 0. The molecule has 2 saturated heterocycles. The highest BCUT2D eigenvalue weighted by atomic mass is 19.1. The molecule has 0 saturated carbocycles. The van der Waals surface area contributed by atoms with Gasteiger partial charge >= 0.3 is 0 Å². The number of rotatable bonds is 3. The molecule has 4 rings (SSSR count). The number of hydrogen-bond acceptors (Lipinski definition) is 3. The molecule has 26 heavy (non-hydrogen) atoms. The Kier molecular flexibility index (Phi) is 4.90. The maximum absolute atomic E-state index is 13.6. The van der Waals surface area contributed by atoms with E-state index in [1.165, 1.54) is 31.4 Å². The summed E-state index contributed by atoms with van der Waals surface area (Å²) in [6.07, 6.45) is 5.84. The Bertz CT molecular complexity index is 811. The zero-order chi connectivity index (χ0) is 18.1. The lowest BCUT2D eigenvalue weighted by Crippen LogP contribution is -2.49. The van der Waals surface area contributed by atoms with E-state index in [0.29, 0.717) is 11.1 Å². The van der Waals surface area contributed by atoms with Gasteiger partial charge in [0, 0.05) is 36.3 Å². The normalized spacial score (nSPS) is 21.5. The van der Waals surface area contributed by atoms with E-state index >= 15 is 0 Å². The third-order valence-corrected chi connectivity index (χ3v) is 5.69. The summed E-state index contributed by atoms with van der Waals surface area (Å²) in [5.41, 5.74) is 1.96. The largest absolute Gasteiger partial charge is 0.334 e. The molecular formula is C21H26FN3O. The number of piperidine rings is 1. The van der Waals surface area contributed by atoms with Crippen LogP contribution in [0.4, 0.5) is 4.39 Å². The van der Waals surface area contributed by atoms with Crippen LogP contribution in [0.15, 0.2) is 24.3 Å². The summed E-state index contributed by atoms with van der Waals surface area (Å²) in [7, 11) is 0. The minimum Gasteiger partial charge on any atom is -0.334 e. The van der Waals surface area contributed by atoms with Crippen LogP contribution in [0.1, 0.15) is 48.2 Å². The monoisotopic (exact) mass is 355 g/mol. The van der Waals surface area contributed by atoms with E-state index in [-0.39, 0.29) is 17.8 Å². The molecule has 1 aromatic carbocycles. The van der Waals surface area contributed by atoms with E-state index in [1.54, 1.807) is 6.07 Å². The number of halogens is 1. The molecule has 1 atom stereocenters. The quantitative estimate of drug-likeness (QED) is 0.841. The summed E-state index contributed by atoms with van der Waals surface area (Å²) < 4.78 is 13.6. The number of aryl methyl sites for hydroxylation is 1. The predicted octanol–water partition coefficient (Wildman–Crippen LogP) is 3.77. The maximum atomic E-state index is 13.6. The maximum Gasteiger partial charge on any atom is 0.254 e. The molecule has 1 amide bonds. The van der Waals surface area contributed by atoms with Crippen LogP contribution in [0.5, 0.6) is 0 Å². The van der Waals surface area contributed by atoms with E-state index < -0.39 is 0 Å². The van der Waals surface area contributed by atoms with E-state index in [2.05, 4.69) is 14.8 Å². The Balaban J connectivity index is 1.65. The van der Waals surface area contributed by atoms with E-state index in [4.69, 9.17) is 0 Å².